The number of aliphatic carboxylic acids is 1. The highest BCUT2D eigenvalue weighted by Gasteiger charge is 2.17. The lowest BCUT2D eigenvalue weighted by Crippen LogP contribution is -2.41. The van der Waals surface area contributed by atoms with Gasteiger partial charge in [-0.05, 0) is 0 Å². The molecule has 2 N–H and O–H groups in total. The van der Waals surface area contributed by atoms with E-state index in [1.165, 1.54) is 0 Å². The van der Waals surface area contributed by atoms with Gasteiger partial charge in [0.15, 0.2) is 0 Å². The third-order valence-electron chi connectivity index (χ3n) is 1.57. The number of amides is 1. The minimum atomic E-state index is -1.49. The Morgan fingerprint density at radius 2 is 2.23 bits per heavy atom. The molecule has 0 aromatic rings. The molecule has 6 heteroatoms. The van der Waals surface area contributed by atoms with Gasteiger partial charge < -0.3 is 19.9 Å². The van der Waals surface area contributed by atoms with Crippen LogP contribution in [0, 0.1) is 0 Å². The van der Waals surface area contributed by atoms with E-state index in [9.17, 15) is 9.59 Å². The minimum Gasteiger partial charge on any atom is -0.474 e. The van der Waals surface area contributed by atoms with E-state index in [0.717, 1.165) is 0 Å². The number of hydrogen-bond acceptors (Lipinski definition) is 4. The van der Waals surface area contributed by atoms with Crippen LogP contribution in [0.2, 0.25) is 0 Å². The smallest absolute Gasteiger partial charge is 0.394 e. The van der Waals surface area contributed by atoms with Crippen LogP contribution < -0.4 is 5.32 Å². The molecule has 1 unspecified atom stereocenters. The molecule has 0 saturated carbocycles. The molecule has 1 atom stereocenters. The molecule has 0 bridgehead atoms. The third kappa shape index (κ3) is 3.39. The van der Waals surface area contributed by atoms with Gasteiger partial charge in [-0.3, -0.25) is 4.79 Å². The Kier molecular flexibility index (Phi) is 3.66. The second kappa shape index (κ2) is 4.78. The topological polar surface area (TPSA) is 84.9 Å². The fraction of sp³-hybridized carbons (Fsp3) is 0.714. The highest BCUT2D eigenvalue weighted by molar-refractivity contribution is 6.31. The monoisotopic (exact) mass is 189 g/mol. The number of carbonyl (C=O) groups is 2. The molecular formula is C7H11NO5. The Morgan fingerprint density at radius 1 is 1.46 bits per heavy atom. The zero-order chi connectivity index (χ0) is 9.68. The predicted molar refractivity (Wildman–Crippen MR) is 41.2 cm³/mol. The van der Waals surface area contributed by atoms with Crippen LogP contribution in [0.4, 0.5) is 0 Å². The fourth-order valence-corrected chi connectivity index (χ4v) is 0.937. The van der Waals surface area contributed by atoms with Gasteiger partial charge in [0.25, 0.3) is 0 Å². The molecule has 0 spiro atoms. The van der Waals surface area contributed by atoms with Crippen molar-refractivity contribution in [3.63, 3.8) is 0 Å². The van der Waals surface area contributed by atoms with Gasteiger partial charge in [-0.15, -0.1) is 0 Å². The lowest BCUT2D eigenvalue weighted by atomic mass is 10.3. The largest absolute Gasteiger partial charge is 0.474 e. The lowest BCUT2D eigenvalue weighted by molar-refractivity contribution is -0.151. The van der Waals surface area contributed by atoms with E-state index in [-0.39, 0.29) is 12.6 Å². The normalized spacial score (nSPS) is 22.3. The Hall–Kier alpha value is -1.14. The van der Waals surface area contributed by atoms with Crippen molar-refractivity contribution in [3.8, 4) is 0 Å². The van der Waals surface area contributed by atoms with Crippen LogP contribution in [-0.2, 0) is 19.1 Å². The van der Waals surface area contributed by atoms with Gasteiger partial charge >= 0.3 is 11.9 Å². The maximum absolute atomic E-state index is 10.6. The summed E-state index contributed by atoms with van der Waals surface area (Å²) in [6.45, 7) is 1.59. The number of carbonyl (C=O) groups excluding carboxylic acids is 1. The summed E-state index contributed by atoms with van der Waals surface area (Å²) >= 11 is 0. The van der Waals surface area contributed by atoms with Crippen molar-refractivity contribution in [2.75, 3.05) is 26.4 Å². The van der Waals surface area contributed by atoms with Crippen LogP contribution in [0.15, 0.2) is 0 Å². The second-order valence-electron chi connectivity index (χ2n) is 2.58. The molecule has 0 aromatic carbocycles. The summed E-state index contributed by atoms with van der Waals surface area (Å²) in [5, 5.41) is 10.4. The summed E-state index contributed by atoms with van der Waals surface area (Å²) in [7, 11) is 0. The van der Waals surface area contributed by atoms with Crippen LogP contribution in [0.25, 0.3) is 0 Å². The number of ether oxygens (including phenoxy) is 2. The number of nitrogens with one attached hydrogen (secondary N) is 1. The first-order chi connectivity index (χ1) is 6.20. The molecule has 0 radical (unpaired) electrons. The highest BCUT2D eigenvalue weighted by atomic mass is 16.6. The molecule has 1 saturated heterocycles. The second-order valence-corrected chi connectivity index (χ2v) is 2.58. The highest BCUT2D eigenvalue weighted by Crippen LogP contribution is 1.98. The molecule has 13 heavy (non-hydrogen) atoms. The van der Waals surface area contributed by atoms with Gasteiger partial charge in [0, 0.05) is 6.54 Å². The van der Waals surface area contributed by atoms with Crippen molar-refractivity contribution >= 4 is 11.9 Å². The summed E-state index contributed by atoms with van der Waals surface area (Å²) in [6.07, 6.45) is -0.239. The fourth-order valence-electron chi connectivity index (χ4n) is 0.937. The van der Waals surface area contributed by atoms with Crippen LogP contribution in [-0.4, -0.2) is 49.5 Å². The molecule has 1 aliphatic rings. The number of hydrogen-bond donors (Lipinski definition) is 2. The summed E-state index contributed by atoms with van der Waals surface area (Å²) in [5.74, 6) is -2.51. The van der Waals surface area contributed by atoms with Crippen molar-refractivity contribution in [1.82, 2.24) is 5.32 Å². The SMILES string of the molecule is O=C(O)C(=O)NCC1COCCO1. The lowest BCUT2D eigenvalue weighted by Gasteiger charge is -2.22. The summed E-state index contributed by atoms with van der Waals surface area (Å²) in [6, 6.07) is 0. The molecule has 0 aromatic heterocycles. The molecule has 1 rings (SSSR count). The van der Waals surface area contributed by atoms with E-state index >= 15 is 0 Å². The number of carboxylic acid groups (broad SMARTS) is 1. The molecule has 1 fully saturated rings. The summed E-state index contributed by atoms with van der Waals surface area (Å²) in [5.41, 5.74) is 0. The Balaban J connectivity index is 2.17. The first-order valence-corrected chi connectivity index (χ1v) is 3.90. The molecule has 74 valence electrons. The predicted octanol–water partition coefficient (Wildman–Crippen LogP) is -1.40. The van der Waals surface area contributed by atoms with E-state index in [1.54, 1.807) is 0 Å². The average Bonchev–Trinajstić information content (AvgIpc) is 2.15. The standard InChI is InChI=1S/C7H11NO5/c9-6(7(10)11)8-3-5-4-12-1-2-13-5/h5H,1-4H2,(H,8,9)(H,10,11). The molecular weight excluding hydrogens is 178 g/mol. The van der Waals surface area contributed by atoms with Crippen LogP contribution in [0.3, 0.4) is 0 Å². The van der Waals surface area contributed by atoms with Gasteiger partial charge in [0.2, 0.25) is 0 Å². The van der Waals surface area contributed by atoms with E-state index < -0.39 is 11.9 Å². The number of rotatable bonds is 2. The zero-order valence-corrected chi connectivity index (χ0v) is 6.99. The van der Waals surface area contributed by atoms with Crippen molar-refractivity contribution in [2.45, 2.75) is 6.10 Å². The Labute approximate surface area is 74.8 Å². The average molecular weight is 189 g/mol. The molecule has 0 aliphatic carbocycles. The van der Waals surface area contributed by atoms with E-state index in [0.29, 0.717) is 19.8 Å². The van der Waals surface area contributed by atoms with Gasteiger partial charge in [0.05, 0.1) is 25.9 Å². The van der Waals surface area contributed by atoms with Gasteiger partial charge in [0.1, 0.15) is 0 Å². The zero-order valence-electron chi connectivity index (χ0n) is 6.99. The maximum atomic E-state index is 10.6. The minimum absolute atomic E-state index is 0.172. The summed E-state index contributed by atoms with van der Waals surface area (Å²) < 4.78 is 10.2. The van der Waals surface area contributed by atoms with E-state index in [4.69, 9.17) is 14.6 Å². The van der Waals surface area contributed by atoms with Crippen LogP contribution >= 0.6 is 0 Å². The maximum Gasteiger partial charge on any atom is 0.394 e. The van der Waals surface area contributed by atoms with E-state index in [1.807, 2.05) is 0 Å². The Morgan fingerprint density at radius 3 is 2.77 bits per heavy atom. The molecule has 1 aliphatic heterocycles. The number of carboxylic acids is 1. The van der Waals surface area contributed by atoms with Crippen molar-refractivity contribution in [3.05, 3.63) is 0 Å². The Bertz CT molecular complexity index is 199. The molecule has 1 amide bonds. The van der Waals surface area contributed by atoms with Crippen molar-refractivity contribution < 1.29 is 24.2 Å². The van der Waals surface area contributed by atoms with Crippen LogP contribution in [0.1, 0.15) is 0 Å². The van der Waals surface area contributed by atoms with Gasteiger partial charge in [-0.2, -0.15) is 0 Å². The first-order valence-electron chi connectivity index (χ1n) is 3.90. The quantitative estimate of drug-likeness (QED) is 0.522. The van der Waals surface area contributed by atoms with Crippen LogP contribution in [0.5, 0.6) is 0 Å². The van der Waals surface area contributed by atoms with Crippen molar-refractivity contribution in [1.29, 1.82) is 0 Å². The third-order valence-corrected chi connectivity index (χ3v) is 1.57. The van der Waals surface area contributed by atoms with Crippen molar-refractivity contribution in [2.24, 2.45) is 0 Å². The first kappa shape index (κ1) is 9.94. The van der Waals surface area contributed by atoms with Gasteiger partial charge in [-0.1, -0.05) is 0 Å². The van der Waals surface area contributed by atoms with Gasteiger partial charge in [-0.25, -0.2) is 4.79 Å². The molecule has 1 heterocycles. The van der Waals surface area contributed by atoms with E-state index in [2.05, 4.69) is 5.32 Å². The summed E-state index contributed by atoms with van der Waals surface area (Å²) in [4.78, 5) is 20.7. The molecule has 6 nitrogen and oxygen atoms in total.